The summed E-state index contributed by atoms with van der Waals surface area (Å²) in [4.78, 5) is 10.5. The van der Waals surface area contributed by atoms with Crippen molar-refractivity contribution in [2.24, 2.45) is 5.92 Å². The quantitative estimate of drug-likeness (QED) is 0.922. The minimum atomic E-state index is -4.84. The van der Waals surface area contributed by atoms with Gasteiger partial charge in [0, 0.05) is 5.02 Å². The number of hydrogen-bond donors (Lipinski definition) is 1. The number of aliphatic carboxylic acids is 1. The lowest BCUT2D eigenvalue weighted by Crippen LogP contribution is -2.35. The molecule has 0 radical (unpaired) electrons. The first kappa shape index (κ1) is 14.6. The molecule has 0 spiro atoms. The van der Waals surface area contributed by atoms with E-state index >= 15 is 0 Å². The molecule has 1 aromatic carbocycles. The van der Waals surface area contributed by atoms with E-state index in [9.17, 15) is 18.0 Å². The molecule has 0 saturated carbocycles. The Bertz CT molecular complexity index is 446. The molecular formula is C11H10ClF3O3. The average Bonchev–Trinajstić information content (AvgIpc) is 2.21. The van der Waals surface area contributed by atoms with E-state index in [1.807, 2.05) is 0 Å². The van der Waals surface area contributed by atoms with Gasteiger partial charge in [-0.05, 0) is 30.7 Å². The summed E-state index contributed by atoms with van der Waals surface area (Å²) in [5.41, 5.74) is 0.632. The average molecular weight is 283 g/mol. The predicted molar refractivity (Wildman–Crippen MR) is 58.9 cm³/mol. The van der Waals surface area contributed by atoms with E-state index in [-0.39, 0.29) is 5.75 Å². The molecular weight excluding hydrogens is 273 g/mol. The van der Waals surface area contributed by atoms with Gasteiger partial charge in [-0.25, -0.2) is 0 Å². The summed E-state index contributed by atoms with van der Waals surface area (Å²) in [6.45, 7) is 0.688. The SMILES string of the molecule is Cc1cc(OCC(C(=O)O)C(F)(F)F)ccc1Cl. The molecule has 7 heteroatoms. The lowest BCUT2D eigenvalue weighted by Gasteiger charge is -2.16. The van der Waals surface area contributed by atoms with Crippen LogP contribution in [0.2, 0.25) is 5.02 Å². The lowest BCUT2D eigenvalue weighted by atomic mass is 10.1. The highest BCUT2D eigenvalue weighted by Gasteiger charge is 2.45. The number of carboxylic acid groups (broad SMARTS) is 1. The molecule has 0 aliphatic carbocycles. The molecule has 0 bridgehead atoms. The Kier molecular flexibility index (Phi) is 4.45. The van der Waals surface area contributed by atoms with Crippen molar-refractivity contribution in [2.75, 3.05) is 6.61 Å². The van der Waals surface area contributed by atoms with Crippen LogP contribution in [0.4, 0.5) is 13.2 Å². The molecule has 0 aliphatic heterocycles. The minimum Gasteiger partial charge on any atom is -0.492 e. The number of hydrogen-bond acceptors (Lipinski definition) is 2. The topological polar surface area (TPSA) is 46.5 Å². The molecule has 0 aliphatic rings. The smallest absolute Gasteiger partial charge is 0.405 e. The Morgan fingerprint density at radius 2 is 2.11 bits per heavy atom. The summed E-state index contributed by atoms with van der Waals surface area (Å²) in [6, 6.07) is 4.29. The highest BCUT2D eigenvalue weighted by Crippen LogP contribution is 2.28. The van der Waals surface area contributed by atoms with Crippen molar-refractivity contribution < 1.29 is 27.8 Å². The Morgan fingerprint density at radius 1 is 1.50 bits per heavy atom. The Morgan fingerprint density at radius 3 is 2.56 bits per heavy atom. The molecule has 0 aromatic heterocycles. The summed E-state index contributed by atoms with van der Waals surface area (Å²) in [5, 5.41) is 8.92. The van der Waals surface area contributed by atoms with Crippen molar-refractivity contribution in [3.63, 3.8) is 0 Å². The van der Waals surface area contributed by atoms with Gasteiger partial charge in [0.1, 0.15) is 12.4 Å². The molecule has 1 rings (SSSR count). The van der Waals surface area contributed by atoms with Crippen molar-refractivity contribution in [1.82, 2.24) is 0 Å². The first-order chi connectivity index (χ1) is 8.21. The number of alkyl halides is 3. The number of aryl methyl sites for hydroxylation is 1. The van der Waals surface area contributed by atoms with E-state index in [0.717, 1.165) is 0 Å². The van der Waals surface area contributed by atoms with Crippen LogP contribution < -0.4 is 4.74 Å². The predicted octanol–water partition coefficient (Wildman–Crippen LogP) is 3.29. The van der Waals surface area contributed by atoms with Crippen LogP contribution in [0.25, 0.3) is 0 Å². The maximum atomic E-state index is 12.3. The fourth-order valence-corrected chi connectivity index (χ4v) is 1.31. The molecule has 1 unspecified atom stereocenters. The molecule has 1 atom stereocenters. The van der Waals surface area contributed by atoms with Crippen molar-refractivity contribution in [3.8, 4) is 5.75 Å². The summed E-state index contributed by atoms with van der Waals surface area (Å²) in [7, 11) is 0. The van der Waals surface area contributed by atoms with Gasteiger partial charge in [0.05, 0.1) is 0 Å². The van der Waals surface area contributed by atoms with Crippen LogP contribution >= 0.6 is 11.6 Å². The maximum absolute atomic E-state index is 12.3. The molecule has 1 N–H and O–H groups in total. The maximum Gasteiger partial charge on any atom is 0.405 e. The van der Waals surface area contributed by atoms with Gasteiger partial charge >= 0.3 is 12.1 Å². The third-order valence-electron chi connectivity index (χ3n) is 2.24. The van der Waals surface area contributed by atoms with Crippen LogP contribution in [0.3, 0.4) is 0 Å². The molecule has 0 saturated heterocycles. The van der Waals surface area contributed by atoms with Crippen LogP contribution in [0.15, 0.2) is 18.2 Å². The molecule has 3 nitrogen and oxygen atoms in total. The van der Waals surface area contributed by atoms with Crippen LogP contribution in [0.1, 0.15) is 5.56 Å². The number of ether oxygens (including phenoxy) is 1. The fourth-order valence-electron chi connectivity index (χ4n) is 1.19. The van der Waals surface area contributed by atoms with Crippen LogP contribution in [0, 0.1) is 12.8 Å². The Hall–Kier alpha value is -1.43. The third kappa shape index (κ3) is 3.80. The second kappa shape index (κ2) is 5.48. The van der Waals surface area contributed by atoms with Crippen LogP contribution in [-0.2, 0) is 4.79 Å². The Labute approximate surface area is 106 Å². The second-order valence-electron chi connectivity index (χ2n) is 3.65. The van der Waals surface area contributed by atoms with Crippen LogP contribution in [0.5, 0.6) is 5.75 Å². The molecule has 0 amide bonds. The Balaban J connectivity index is 2.73. The third-order valence-corrected chi connectivity index (χ3v) is 2.66. The highest BCUT2D eigenvalue weighted by molar-refractivity contribution is 6.31. The van der Waals surface area contributed by atoms with Gasteiger partial charge in [0.25, 0.3) is 0 Å². The number of benzene rings is 1. The van der Waals surface area contributed by atoms with E-state index in [2.05, 4.69) is 0 Å². The van der Waals surface area contributed by atoms with Gasteiger partial charge in [-0.1, -0.05) is 11.6 Å². The minimum absolute atomic E-state index is 0.146. The largest absolute Gasteiger partial charge is 0.492 e. The van der Waals surface area contributed by atoms with Gasteiger partial charge < -0.3 is 9.84 Å². The first-order valence-electron chi connectivity index (χ1n) is 4.90. The number of rotatable bonds is 4. The monoisotopic (exact) mass is 282 g/mol. The zero-order chi connectivity index (χ0) is 13.9. The van der Waals surface area contributed by atoms with E-state index in [4.69, 9.17) is 21.4 Å². The molecule has 1 aromatic rings. The van der Waals surface area contributed by atoms with Crippen molar-refractivity contribution in [1.29, 1.82) is 0 Å². The van der Waals surface area contributed by atoms with Gasteiger partial charge in [-0.3, -0.25) is 4.79 Å². The summed E-state index contributed by atoms with van der Waals surface area (Å²) >= 11 is 5.74. The number of carbonyl (C=O) groups is 1. The fraction of sp³-hybridized carbons (Fsp3) is 0.364. The summed E-state index contributed by atoms with van der Waals surface area (Å²) in [6.07, 6.45) is -4.84. The van der Waals surface area contributed by atoms with Crippen molar-refractivity contribution in [3.05, 3.63) is 28.8 Å². The van der Waals surface area contributed by atoms with Gasteiger partial charge in [-0.15, -0.1) is 0 Å². The van der Waals surface area contributed by atoms with Gasteiger partial charge in [0.15, 0.2) is 5.92 Å². The summed E-state index contributed by atoms with van der Waals surface area (Å²) in [5.74, 6) is -4.37. The molecule has 0 heterocycles. The van der Waals surface area contributed by atoms with Gasteiger partial charge in [0.2, 0.25) is 0 Å². The van der Waals surface area contributed by atoms with E-state index in [0.29, 0.717) is 10.6 Å². The van der Waals surface area contributed by atoms with E-state index in [1.165, 1.54) is 18.2 Å². The second-order valence-corrected chi connectivity index (χ2v) is 4.06. The number of carboxylic acids is 1. The lowest BCUT2D eigenvalue weighted by molar-refractivity contribution is -0.198. The normalized spacial score (nSPS) is 13.2. The zero-order valence-corrected chi connectivity index (χ0v) is 10.0. The number of halogens is 4. The van der Waals surface area contributed by atoms with E-state index in [1.54, 1.807) is 6.92 Å². The van der Waals surface area contributed by atoms with Gasteiger partial charge in [-0.2, -0.15) is 13.2 Å². The highest BCUT2D eigenvalue weighted by atomic mass is 35.5. The van der Waals surface area contributed by atoms with Crippen LogP contribution in [-0.4, -0.2) is 23.9 Å². The molecule has 100 valence electrons. The summed E-state index contributed by atoms with van der Waals surface area (Å²) < 4.78 is 41.8. The van der Waals surface area contributed by atoms with Crippen molar-refractivity contribution >= 4 is 17.6 Å². The molecule has 18 heavy (non-hydrogen) atoms. The van der Waals surface area contributed by atoms with E-state index < -0.39 is 24.7 Å². The molecule has 0 fully saturated rings. The standard InChI is InChI=1S/C11H10ClF3O3/c1-6-4-7(2-3-9(6)12)18-5-8(10(16)17)11(13,14)15/h2-4,8H,5H2,1H3,(H,16,17). The van der Waals surface area contributed by atoms with Crippen molar-refractivity contribution in [2.45, 2.75) is 13.1 Å². The first-order valence-corrected chi connectivity index (χ1v) is 5.28. The zero-order valence-electron chi connectivity index (χ0n) is 9.29.